The molecular formula is C14H23NS. The van der Waals surface area contributed by atoms with E-state index in [1.807, 2.05) is 11.8 Å². The Bertz CT molecular complexity index is 297. The molecule has 0 unspecified atom stereocenters. The highest BCUT2D eigenvalue weighted by Crippen LogP contribution is 2.20. The van der Waals surface area contributed by atoms with Gasteiger partial charge >= 0.3 is 0 Å². The summed E-state index contributed by atoms with van der Waals surface area (Å²) in [5.74, 6) is 1.23. The Hall–Kier alpha value is -0.470. The minimum absolute atomic E-state index is 0.552. The van der Waals surface area contributed by atoms with Crippen LogP contribution >= 0.6 is 11.8 Å². The Labute approximate surface area is 104 Å². The summed E-state index contributed by atoms with van der Waals surface area (Å²) in [6.45, 7) is 7.57. The van der Waals surface area contributed by atoms with Crippen molar-refractivity contribution >= 4 is 11.8 Å². The van der Waals surface area contributed by atoms with Crippen LogP contribution in [0, 0.1) is 0 Å². The van der Waals surface area contributed by atoms with Crippen LogP contribution in [0.15, 0.2) is 29.2 Å². The number of benzene rings is 1. The summed E-state index contributed by atoms with van der Waals surface area (Å²) < 4.78 is 0. The first-order valence-electron chi connectivity index (χ1n) is 6.17. The molecule has 0 atom stereocenters. The second-order valence-electron chi connectivity index (χ2n) is 4.39. The molecule has 0 saturated heterocycles. The lowest BCUT2D eigenvalue weighted by Crippen LogP contribution is -2.21. The van der Waals surface area contributed by atoms with E-state index in [0.29, 0.717) is 6.04 Å². The van der Waals surface area contributed by atoms with Crippen molar-refractivity contribution in [3.63, 3.8) is 0 Å². The maximum absolute atomic E-state index is 3.45. The van der Waals surface area contributed by atoms with Crippen molar-refractivity contribution in [2.75, 3.05) is 5.75 Å². The van der Waals surface area contributed by atoms with Crippen molar-refractivity contribution < 1.29 is 0 Å². The predicted octanol–water partition coefficient (Wildman–Crippen LogP) is 4.08. The lowest BCUT2D eigenvalue weighted by Gasteiger charge is -2.09. The van der Waals surface area contributed by atoms with E-state index in [1.54, 1.807) is 0 Å². The lowest BCUT2D eigenvalue weighted by atomic mass is 10.2. The third-order valence-corrected chi connectivity index (χ3v) is 3.46. The molecule has 0 aliphatic carbocycles. The largest absolute Gasteiger partial charge is 0.310 e. The summed E-state index contributed by atoms with van der Waals surface area (Å²) >= 11 is 1.97. The first kappa shape index (κ1) is 13.6. The van der Waals surface area contributed by atoms with Gasteiger partial charge in [-0.2, -0.15) is 0 Å². The fourth-order valence-corrected chi connectivity index (χ4v) is 2.48. The van der Waals surface area contributed by atoms with Crippen molar-refractivity contribution in [2.24, 2.45) is 0 Å². The van der Waals surface area contributed by atoms with Crippen LogP contribution in [0.2, 0.25) is 0 Å². The zero-order chi connectivity index (χ0) is 11.8. The second kappa shape index (κ2) is 7.75. The Morgan fingerprint density at radius 1 is 1.31 bits per heavy atom. The topological polar surface area (TPSA) is 12.0 Å². The third-order valence-electron chi connectivity index (χ3n) is 2.38. The minimum atomic E-state index is 0.552. The molecule has 0 fully saturated rings. The highest BCUT2D eigenvalue weighted by atomic mass is 32.2. The van der Waals surface area contributed by atoms with Crippen LogP contribution in [0.4, 0.5) is 0 Å². The van der Waals surface area contributed by atoms with Crippen molar-refractivity contribution in [1.29, 1.82) is 0 Å². The molecule has 0 aliphatic rings. The van der Waals surface area contributed by atoms with Crippen LogP contribution in [-0.4, -0.2) is 11.8 Å². The van der Waals surface area contributed by atoms with Gasteiger partial charge < -0.3 is 5.32 Å². The molecular weight excluding hydrogens is 214 g/mol. The number of nitrogens with one attached hydrogen (secondary N) is 1. The van der Waals surface area contributed by atoms with Crippen LogP contribution in [0.25, 0.3) is 0 Å². The number of thioether (sulfide) groups is 1. The molecule has 90 valence electrons. The predicted molar refractivity (Wildman–Crippen MR) is 74.0 cm³/mol. The first-order valence-corrected chi connectivity index (χ1v) is 7.16. The van der Waals surface area contributed by atoms with Gasteiger partial charge in [-0.15, -0.1) is 11.8 Å². The Morgan fingerprint density at radius 3 is 2.81 bits per heavy atom. The van der Waals surface area contributed by atoms with Crippen molar-refractivity contribution in [1.82, 2.24) is 5.32 Å². The molecule has 2 heteroatoms. The highest BCUT2D eigenvalue weighted by Gasteiger charge is 1.98. The number of hydrogen-bond acceptors (Lipinski definition) is 2. The van der Waals surface area contributed by atoms with Gasteiger partial charge in [-0.05, 0) is 29.9 Å². The Kier molecular flexibility index (Phi) is 6.58. The molecule has 0 bridgehead atoms. The van der Waals surface area contributed by atoms with E-state index in [1.165, 1.54) is 29.1 Å². The molecule has 0 aliphatic heterocycles. The third kappa shape index (κ3) is 5.57. The van der Waals surface area contributed by atoms with Gasteiger partial charge in [0.05, 0.1) is 0 Å². The second-order valence-corrected chi connectivity index (χ2v) is 5.55. The van der Waals surface area contributed by atoms with Gasteiger partial charge in [0.1, 0.15) is 0 Å². The van der Waals surface area contributed by atoms with Crippen LogP contribution in [0.5, 0.6) is 0 Å². The van der Waals surface area contributed by atoms with E-state index < -0.39 is 0 Å². The maximum atomic E-state index is 3.45. The minimum Gasteiger partial charge on any atom is -0.310 e. The van der Waals surface area contributed by atoms with Crippen LogP contribution in [0.3, 0.4) is 0 Å². The molecule has 0 radical (unpaired) electrons. The summed E-state index contributed by atoms with van der Waals surface area (Å²) in [4.78, 5) is 1.40. The maximum Gasteiger partial charge on any atom is 0.0208 e. The van der Waals surface area contributed by atoms with E-state index >= 15 is 0 Å². The van der Waals surface area contributed by atoms with Crippen LogP contribution in [-0.2, 0) is 6.54 Å². The lowest BCUT2D eigenvalue weighted by molar-refractivity contribution is 0.588. The normalized spacial score (nSPS) is 11.0. The Morgan fingerprint density at radius 2 is 2.12 bits per heavy atom. The molecule has 0 heterocycles. The molecule has 16 heavy (non-hydrogen) atoms. The van der Waals surface area contributed by atoms with E-state index in [9.17, 15) is 0 Å². The van der Waals surface area contributed by atoms with E-state index in [-0.39, 0.29) is 0 Å². The van der Waals surface area contributed by atoms with E-state index in [4.69, 9.17) is 0 Å². The molecule has 0 spiro atoms. The quantitative estimate of drug-likeness (QED) is 0.566. The van der Waals surface area contributed by atoms with Gasteiger partial charge in [0.25, 0.3) is 0 Å². The number of hydrogen-bond donors (Lipinski definition) is 1. The summed E-state index contributed by atoms with van der Waals surface area (Å²) in [5, 5.41) is 3.45. The van der Waals surface area contributed by atoms with Crippen LogP contribution in [0.1, 0.15) is 39.2 Å². The van der Waals surface area contributed by atoms with Gasteiger partial charge in [0.2, 0.25) is 0 Å². The van der Waals surface area contributed by atoms with Crippen molar-refractivity contribution in [2.45, 2.75) is 51.1 Å². The zero-order valence-corrected chi connectivity index (χ0v) is 11.4. The van der Waals surface area contributed by atoms with Crippen LogP contribution < -0.4 is 5.32 Å². The monoisotopic (exact) mass is 237 g/mol. The molecule has 1 rings (SSSR count). The Balaban J connectivity index is 2.43. The summed E-state index contributed by atoms with van der Waals surface area (Å²) in [6.07, 6.45) is 2.58. The number of rotatable bonds is 7. The smallest absolute Gasteiger partial charge is 0.0208 e. The van der Waals surface area contributed by atoms with Gasteiger partial charge in [-0.3, -0.25) is 0 Å². The molecule has 1 aromatic carbocycles. The summed E-state index contributed by atoms with van der Waals surface area (Å²) in [6, 6.07) is 9.41. The molecule has 1 aromatic rings. The first-order chi connectivity index (χ1) is 7.72. The molecule has 1 N–H and O–H groups in total. The molecule has 0 saturated carbocycles. The van der Waals surface area contributed by atoms with E-state index in [2.05, 4.69) is 50.4 Å². The summed E-state index contributed by atoms with van der Waals surface area (Å²) in [7, 11) is 0. The van der Waals surface area contributed by atoms with Gasteiger partial charge in [0.15, 0.2) is 0 Å². The van der Waals surface area contributed by atoms with Gasteiger partial charge in [0, 0.05) is 17.5 Å². The molecule has 0 aromatic heterocycles. The molecule has 1 nitrogen and oxygen atoms in total. The van der Waals surface area contributed by atoms with Crippen molar-refractivity contribution in [3.8, 4) is 0 Å². The van der Waals surface area contributed by atoms with Crippen molar-refractivity contribution in [3.05, 3.63) is 29.8 Å². The summed E-state index contributed by atoms with van der Waals surface area (Å²) in [5.41, 5.74) is 1.38. The van der Waals surface area contributed by atoms with E-state index in [0.717, 1.165) is 6.54 Å². The zero-order valence-electron chi connectivity index (χ0n) is 10.6. The fraction of sp³-hybridized carbons (Fsp3) is 0.571. The van der Waals surface area contributed by atoms with Gasteiger partial charge in [-0.1, -0.05) is 39.3 Å². The average Bonchev–Trinajstić information content (AvgIpc) is 2.27. The van der Waals surface area contributed by atoms with Gasteiger partial charge in [-0.25, -0.2) is 0 Å². The average molecular weight is 237 g/mol. The fourth-order valence-electron chi connectivity index (χ4n) is 1.40. The SMILES string of the molecule is CCCCSc1cccc(CNC(C)C)c1. The molecule has 0 amide bonds. The number of unbranched alkanes of at least 4 members (excludes halogenated alkanes) is 1. The highest BCUT2D eigenvalue weighted by molar-refractivity contribution is 7.99. The standard InChI is InChI=1S/C14H23NS/c1-4-5-9-16-14-8-6-7-13(10-14)11-15-12(2)3/h6-8,10,12,15H,4-5,9,11H2,1-3H3.